The monoisotopic (exact) mass is 462 g/mol. The Bertz CT molecular complexity index is 1050. The lowest BCUT2D eigenvalue weighted by atomic mass is 10.1. The molecule has 172 valence electrons. The van der Waals surface area contributed by atoms with Crippen molar-refractivity contribution in [2.45, 2.75) is 23.8 Å². The highest BCUT2D eigenvalue weighted by atomic mass is 32.2. The van der Waals surface area contributed by atoms with Gasteiger partial charge in [-0.2, -0.15) is 0 Å². The summed E-state index contributed by atoms with van der Waals surface area (Å²) < 4.78 is 47.3. The average Bonchev–Trinajstić information content (AvgIpc) is 3.32. The predicted molar refractivity (Wildman–Crippen MR) is 120 cm³/mol. The molecule has 10 heteroatoms. The van der Waals surface area contributed by atoms with Crippen LogP contribution < -0.4 is 20.3 Å². The molecule has 0 aromatic heterocycles. The smallest absolute Gasteiger partial charge is 0.261 e. The van der Waals surface area contributed by atoms with E-state index in [1.54, 1.807) is 18.2 Å². The van der Waals surface area contributed by atoms with Crippen LogP contribution in [-0.4, -0.2) is 59.8 Å². The number of nitrogens with one attached hydrogen (secondary N) is 3. The molecule has 2 heterocycles. The number of halogens is 1. The Kier molecular flexibility index (Phi) is 6.92. The number of piperazine rings is 1. The van der Waals surface area contributed by atoms with E-state index in [0.717, 1.165) is 38.1 Å². The van der Waals surface area contributed by atoms with Crippen LogP contribution in [0.5, 0.6) is 0 Å². The number of benzene rings is 2. The van der Waals surface area contributed by atoms with E-state index in [1.165, 1.54) is 12.1 Å². The number of sulfonamides is 1. The number of hydrogen-bond donors (Lipinski definition) is 3. The Hall–Kier alpha value is -2.69. The molecule has 1 atom stereocenters. The summed E-state index contributed by atoms with van der Waals surface area (Å²) in [4.78, 5) is 14.7. The summed E-state index contributed by atoms with van der Waals surface area (Å²) in [6.45, 7) is 4.07. The summed E-state index contributed by atoms with van der Waals surface area (Å²) >= 11 is 0. The lowest BCUT2D eigenvalue weighted by Gasteiger charge is -2.31. The first-order valence-electron chi connectivity index (χ1n) is 10.7. The fourth-order valence-corrected chi connectivity index (χ4v) is 4.94. The normalized spacial score (nSPS) is 19.0. The first-order chi connectivity index (χ1) is 15.4. The molecule has 4 rings (SSSR count). The molecule has 0 bridgehead atoms. The van der Waals surface area contributed by atoms with Crippen molar-refractivity contribution >= 4 is 27.3 Å². The van der Waals surface area contributed by atoms with E-state index in [1.807, 2.05) is 0 Å². The third-order valence-corrected chi connectivity index (χ3v) is 6.98. The predicted octanol–water partition coefficient (Wildman–Crippen LogP) is 1.94. The van der Waals surface area contributed by atoms with E-state index in [2.05, 4.69) is 20.3 Å². The maximum atomic E-state index is 13.3. The molecule has 2 aliphatic rings. The molecule has 1 amide bonds. The molecule has 2 aliphatic heterocycles. The van der Waals surface area contributed by atoms with Gasteiger partial charge in [0.2, 0.25) is 0 Å². The summed E-state index contributed by atoms with van der Waals surface area (Å²) in [5.74, 6) is -0.815. The van der Waals surface area contributed by atoms with E-state index in [4.69, 9.17) is 4.74 Å². The highest BCUT2D eigenvalue weighted by Crippen LogP contribution is 2.30. The first-order valence-corrected chi connectivity index (χ1v) is 12.2. The largest absolute Gasteiger partial charge is 0.376 e. The molecular formula is C22H27FN4O4S. The van der Waals surface area contributed by atoms with Crippen molar-refractivity contribution in [3.63, 3.8) is 0 Å². The molecule has 2 fully saturated rings. The zero-order chi connectivity index (χ0) is 22.6. The van der Waals surface area contributed by atoms with Gasteiger partial charge in [-0.15, -0.1) is 0 Å². The molecule has 0 unspecified atom stereocenters. The quantitative estimate of drug-likeness (QED) is 0.582. The average molecular weight is 463 g/mol. The zero-order valence-electron chi connectivity index (χ0n) is 17.6. The van der Waals surface area contributed by atoms with Gasteiger partial charge in [0.05, 0.1) is 22.4 Å². The van der Waals surface area contributed by atoms with Crippen LogP contribution in [0.2, 0.25) is 0 Å². The molecule has 3 N–H and O–H groups in total. The Labute approximate surface area is 187 Å². The summed E-state index contributed by atoms with van der Waals surface area (Å²) in [6.07, 6.45) is 1.90. The van der Waals surface area contributed by atoms with Crippen molar-refractivity contribution in [1.29, 1.82) is 0 Å². The summed E-state index contributed by atoms with van der Waals surface area (Å²) in [5, 5.41) is 6.13. The summed E-state index contributed by atoms with van der Waals surface area (Å²) in [5.41, 5.74) is 1.34. The Morgan fingerprint density at radius 1 is 1.16 bits per heavy atom. The van der Waals surface area contributed by atoms with E-state index >= 15 is 0 Å². The number of nitrogens with zero attached hydrogens (tertiary/aromatic N) is 1. The van der Waals surface area contributed by atoms with Crippen LogP contribution >= 0.6 is 0 Å². The molecule has 0 spiro atoms. The van der Waals surface area contributed by atoms with Crippen LogP contribution in [0, 0.1) is 5.82 Å². The van der Waals surface area contributed by atoms with Gasteiger partial charge in [0.15, 0.2) is 0 Å². The standard InChI is InChI=1S/C22H27FN4O4S/c23-17-4-6-19(7-5-17)32(29,30)26-20-14-16(22(28)25-15-18-2-1-13-31-18)3-8-21(20)27-11-9-24-10-12-27/h3-8,14,18,24,26H,1-2,9-13,15H2,(H,25,28)/t18-/m0/s1. The minimum absolute atomic E-state index is 0.00974. The van der Waals surface area contributed by atoms with Gasteiger partial charge in [0.25, 0.3) is 15.9 Å². The number of rotatable bonds is 7. The zero-order valence-corrected chi connectivity index (χ0v) is 18.5. The summed E-state index contributed by atoms with van der Waals surface area (Å²) in [6, 6.07) is 9.61. The van der Waals surface area contributed by atoms with E-state index in [0.29, 0.717) is 43.2 Å². The number of anilines is 2. The molecule has 2 saturated heterocycles. The topological polar surface area (TPSA) is 99.8 Å². The van der Waals surface area contributed by atoms with E-state index < -0.39 is 15.8 Å². The number of ether oxygens (including phenoxy) is 1. The second-order valence-corrected chi connectivity index (χ2v) is 9.56. The Morgan fingerprint density at radius 3 is 2.59 bits per heavy atom. The number of carbonyl (C=O) groups excluding carboxylic acids is 1. The maximum Gasteiger partial charge on any atom is 0.261 e. The van der Waals surface area contributed by atoms with Crippen LogP contribution in [0.25, 0.3) is 0 Å². The highest BCUT2D eigenvalue weighted by molar-refractivity contribution is 7.92. The van der Waals surface area contributed by atoms with E-state index in [-0.39, 0.29) is 16.9 Å². The van der Waals surface area contributed by atoms with Crippen molar-refractivity contribution in [1.82, 2.24) is 10.6 Å². The molecule has 2 aromatic rings. The van der Waals surface area contributed by atoms with Crippen LogP contribution in [0.4, 0.5) is 15.8 Å². The maximum absolute atomic E-state index is 13.3. The van der Waals surface area contributed by atoms with Crippen LogP contribution in [-0.2, 0) is 14.8 Å². The molecule has 32 heavy (non-hydrogen) atoms. The third kappa shape index (κ3) is 5.37. The molecule has 2 aromatic carbocycles. The Balaban J connectivity index is 1.59. The molecule has 0 aliphatic carbocycles. The third-order valence-electron chi connectivity index (χ3n) is 5.60. The van der Waals surface area contributed by atoms with Gasteiger partial charge in [-0.1, -0.05) is 0 Å². The van der Waals surface area contributed by atoms with Gasteiger partial charge in [0, 0.05) is 44.9 Å². The van der Waals surface area contributed by atoms with Gasteiger partial charge < -0.3 is 20.3 Å². The SMILES string of the molecule is O=C(NC[C@@H]1CCCO1)c1ccc(N2CCNCC2)c(NS(=O)(=O)c2ccc(F)cc2)c1. The van der Waals surface area contributed by atoms with Crippen molar-refractivity contribution in [2.24, 2.45) is 0 Å². The second kappa shape index (κ2) is 9.85. The second-order valence-electron chi connectivity index (χ2n) is 7.87. The van der Waals surface area contributed by atoms with Crippen LogP contribution in [0.15, 0.2) is 47.4 Å². The van der Waals surface area contributed by atoms with Gasteiger partial charge in [-0.25, -0.2) is 12.8 Å². The number of carbonyl (C=O) groups is 1. The van der Waals surface area contributed by atoms with Crippen molar-refractivity contribution < 1.29 is 22.3 Å². The Morgan fingerprint density at radius 2 is 1.91 bits per heavy atom. The first kappa shape index (κ1) is 22.5. The molecule has 8 nitrogen and oxygen atoms in total. The van der Waals surface area contributed by atoms with Crippen molar-refractivity contribution in [3.8, 4) is 0 Å². The lowest BCUT2D eigenvalue weighted by Crippen LogP contribution is -2.43. The minimum atomic E-state index is -3.97. The molecule has 0 radical (unpaired) electrons. The number of hydrogen-bond acceptors (Lipinski definition) is 6. The highest BCUT2D eigenvalue weighted by Gasteiger charge is 2.22. The van der Waals surface area contributed by atoms with Crippen LogP contribution in [0.3, 0.4) is 0 Å². The van der Waals surface area contributed by atoms with Gasteiger partial charge in [-0.3, -0.25) is 9.52 Å². The van der Waals surface area contributed by atoms with Gasteiger partial charge in [-0.05, 0) is 55.3 Å². The number of amides is 1. The van der Waals surface area contributed by atoms with Crippen molar-refractivity contribution in [2.75, 3.05) is 49.0 Å². The molecule has 0 saturated carbocycles. The minimum Gasteiger partial charge on any atom is -0.376 e. The lowest BCUT2D eigenvalue weighted by molar-refractivity contribution is 0.0858. The summed E-state index contributed by atoms with van der Waals surface area (Å²) in [7, 11) is -3.97. The fraction of sp³-hybridized carbons (Fsp3) is 0.409. The van der Waals surface area contributed by atoms with Crippen LogP contribution in [0.1, 0.15) is 23.2 Å². The van der Waals surface area contributed by atoms with Gasteiger partial charge in [0.1, 0.15) is 5.82 Å². The van der Waals surface area contributed by atoms with Gasteiger partial charge >= 0.3 is 0 Å². The van der Waals surface area contributed by atoms with Crippen molar-refractivity contribution in [3.05, 3.63) is 53.8 Å². The fourth-order valence-electron chi connectivity index (χ4n) is 3.87. The molecular weight excluding hydrogens is 435 g/mol. The van der Waals surface area contributed by atoms with E-state index in [9.17, 15) is 17.6 Å².